The molecule has 1 aromatic heterocycles. The topological polar surface area (TPSA) is 70.4 Å². The Balaban J connectivity index is 2.59. The van der Waals surface area contributed by atoms with Crippen molar-refractivity contribution in [2.24, 2.45) is 23.7 Å². The summed E-state index contributed by atoms with van der Waals surface area (Å²) < 4.78 is 13.9. The molecule has 388 valence electrons. The van der Waals surface area contributed by atoms with Crippen LogP contribution >= 0.6 is 0 Å². The summed E-state index contributed by atoms with van der Waals surface area (Å²) in [5.41, 5.74) is 0. The first-order valence-corrected chi connectivity index (χ1v) is 29.7. The Kier molecular flexibility index (Phi) is 45.4. The minimum Gasteiger partial charge on any atom is -0.465 e. The maximum atomic E-state index is 12.6. The summed E-state index contributed by atoms with van der Waals surface area (Å²) in [7, 11) is 0. The second kappa shape index (κ2) is 48.2. The summed E-state index contributed by atoms with van der Waals surface area (Å²) >= 11 is 0. The number of imidazole rings is 1. The molecule has 0 aliphatic carbocycles. The Morgan fingerprint density at radius 1 is 0.394 bits per heavy atom. The van der Waals surface area contributed by atoms with Gasteiger partial charge in [-0.25, -0.2) is 4.98 Å². The molecule has 6 nitrogen and oxygen atoms in total. The molecule has 0 amide bonds. The first-order valence-electron chi connectivity index (χ1n) is 29.7. The smallest absolute Gasteiger partial charge is 0.305 e. The monoisotopic (exact) mass is 927 g/mol. The molecule has 3 unspecified atom stereocenters. The van der Waals surface area contributed by atoms with E-state index in [1.807, 2.05) is 12.5 Å². The molecule has 0 bridgehead atoms. The predicted octanol–water partition coefficient (Wildman–Crippen LogP) is 19.3. The summed E-state index contributed by atoms with van der Waals surface area (Å²) in [5.74, 6) is 2.83. The van der Waals surface area contributed by atoms with E-state index in [4.69, 9.17) is 9.47 Å². The fourth-order valence-electron chi connectivity index (χ4n) is 10.4. The lowest BCUT2D eigenvalue weighted by Gasteiger charge is -2.28. The molecule has 0 N–H and O–H groups in total. The van der Waals surface area contributed by atoms with Crippen LogP contribution in [0.15, 0.2) is 18.7 Å². The second-order valence-corrected chi connectivity index (χ2v) is 21.1. The normalized spacial score (nSPS) is 13.5. The summed E-state index contributed by atoms with van der Waals surface area (Å²) in [4.78, 5) is 29.6. The summed E-state index contributed by atoms with van der Waals surface area (Å²) in [5, 5.41) is 0. The Morgan fingerprint density at radius 2 is 0.712 bits per heavy atom. The lowest BCUT2D eigenvalue weighted by atomic mass is 9.78. The molecule has 0 saturated carbocycles. The van der Waals surface area contributed by atoms with Crippen LogP contribution < -0.4 is 0 Å². The van der Waals surface area contributed by atoms with Crippen molar-refractivity contribution in [1.82, 2.24) is 9.55 Å². The molecule has 0 aliphatic heterocycles. The lowest BCUT2D eigenvalue weighted by molar-refractivity contribution is -0.146. The molecule has 0 radical (unpaired) electrons. The van der Waals surface area contributed by atoms with Gasteiger partial charge < -0.3 is 14.0 Å². The number of carbonyl (C=O) groups excluding carboxylic acids is 2. The Bertz CT molecular complexity index is 1080. The van der Waals surface area contributed by atoms with E-state index in [0.29, 0.717) is 37.9 Å². The van der Waals surface area contributed by atoms with Gasteiger partial charge in [0.25, 0.3) is 0 Å². The van der Waals surface area contributed by atoms with Gasteiger partial charge in [0.1, 0.15) is 0 Å². The molecular formula is C60H114N2O4. The van der Waals surface area contributed by atoms with Gasteiger partial charge in [0, 0.05) is 31.8 Å². The van der Waals surface area contributed by atoms with Crippen LogP contribution in [0.5, 0.6) is 0 Å². The molecule has 1 rings (SSSR count). The number of aromatic nitrogens is 2. The molecule has 0 aromatic carbocycles. The molecule has 6 heteroatoms. The zero-order valence-corrected chi connectivity index (χ0v) is 45.1. The standard InChI is InChI=1S/C60H114N2O4/c1-6-11-16-19-20-25-32-45-58(46-37-38-50-62-51-49-61-54-62)57(43-33-26-21-23-28-35-47-59(63)65-52-55(39-14-9-4)41-30-17-12-7-2)44-34-27-22-24-29-36-48-60(64)66-53-56(40-15-10-5)42-31-18-13-8-3/h49,51,54-58H,6-48,50,52-53H2,1-5H3. The molecular weight excluding hydrogens is 813 g/mol. The van der Waals surface area contributed by atoms with E-state index >= 15 is 0 Å². The SMILES string of the molecule is CCCCCCCCCC(CCCCn1ccnc1)C(CCCCCCCCC(=O)OCC(CCCC)CCCCCC)CCCCCCCCC(=O)OCC(CCCC)CCCCCC. The van der Waals surface area contributed by atoms with Gasteiger partial charge in [0.2, 0.25) is 0 Å². The highest BCUT2D eigenvalue weighted by Gasteiger charge is 2.21. The van der Waals surface area contributed by atoms with Crippen LogP contribution in [-0.4, -0.2) is 34.7 Å². The van der Waals surface area contributed by atoms with Gasteiger partial charge in [-0.05, 0) is 68.6 Å². The highest BCUT2D eigenvalue weighted by molar-refractivity contribution is 5.69. The number of ether oxygens (including phenoxy) is 2. The van der Waals surface area contributed by atoms with Crippen molar-refractivity contribution >= 4 is 11.9 Å². The number of esters is 2. The summed E-state index contributed by atoms with van der Waals surface area (Å²) in [6.07, 6.45) is 59.7. The van der Waals surface area contributed by atoms with E-state index in [2.05, 4.69) is 50.4 Å². The van der Waals surface area contributed by atoms with Crippen LogP contribution in [0.2, 0.25) is 0 Å². The average Bonchev–Trinajstić information content (AvgIpc) is 3.85. The van der Waals surface area contributed by atoms with E-state index in [9.17, 15) is 9.59 Å². The van der Waals surface area contributed by atoms with Crippen molar-refractivity contribution in [3.8, 4) is 0 Å². The number of hydrogen-bond acceptors (Lipinski definition) is 5. The molecule has 1 aromatic rings. The Hall–Kier alpha value is -1.85. The predicted molar refractivity (Wildman–Crippen MR) is 285 cm³/mol. The molecule has 0 spiro atoms. The number of unbranched alkanes of at least 4 members (excludes halogenated alkanes) is 25. The number of rotatable bonds is 52. The lowest BCUT2D eigenvalue weighted by Crippen LogP contribution is -2.16. The van der Waals surface area contributed by atoms with Crippen molar-refractivity contribution in [1.29, 1.82) is 0 Å². The van der Waals surface area contributed by atoms with Crippen LogP contribution in [0.25, 0.3) is 0 Å². The van der Waals surface area contributed by atoms with Crippen molar-refractivity contribution in [2.75, 3.05) is 13.2 Å². The van der Waals surface area contributed by atoms with Gasteiger partial charge >= 0.3 is 11.9 Å². The van der Waals surface area contributed by atoms with E-state index in [1.165, 1.54) is 238 Å². The van der Waals surface area contributed by atoms with Crippen LogP contribution in [-0.2, 0) is 25.6 Å². The summed E-state index contributed by atoms with van der Waals surface area (Å²) in [6, 6.07) is 0. The number of hydrogen-bond donors (Lipinski definition) is 0. The maximum Gasteiger partial charge on any atom is 0.305 e. The second-order valence-electron chi connectivity index (χ2n) is 21.1. The van der Waals surface area contributed by atoms with Gasteiger partial charge in [0.15, 0.2) is 0 Å². The van der Waals surface area contributed by atoms with E-state index in [1.54, 1.807) is 0 Å². The maximum absolute atomic E-state index is 12.6. The van der Waals surface area contributed by atoms with E-state index in [0.717, 1.165) is 44.1 Å². The molecule has 1 heterocycles. The largest absolute Gasteiger partial charge is 0.465 e. The first kappa shape index (κ1) is 62.2. The average molecular weight is 928 g/mol. The van der Waals surface area contributed by atoms with E-state index < -0.39 is 0 Å². The van der Waals surface area contributed by atoms with Gasteiger partial charge in [-0.3, -0.25) is 9.59 Å². The first-order chi connectivity index (χ1) is 32.5. The van der Waals surface area contributed by atoms with Crippen molar-refractivity contribution in [2.45, 2.75) is 317 Å². The van der Waals surface area contributed by atoms with Gasteiger partial charge in [-0.1, -0.05) is 253 Å². The van der Waals surface area contributed by atoms with Crippen molar-refractivity contribution in [3.05, 3.63) is 18.7 Å². The number of carbonyl (C=O) groups is 2. The fraction of sp³-hybridized carbons (Fsp3) is 0.917. The quantitative estimate of drug-likeness (QED) is 0.0481. The van der Waals surface area contributed by atoms with Crippen LogP contribution in [0.1, 0.15) is 311 Å². The highest BCUT2D eigenvalue weighted by atomic mass is 16.5. The van der Waals surface area contributed by atoms with Crippen molar-refractivity contribution in [3.63, 3.8) is 0 Å². The Morgan fingerprint density at radius 3 is 1.09 bits per heavy atom. The zero-order valence-electron chi connectivity index (χ0n) is 45.1. The number of nitrogens with zero attached hydrogens (tertiary/aromatic N) is 2. The minimum absolute atomic E-state index is 0.0273. The molecule has 0 fully saturated rings. The van der Waals surface area contributed by atoms with Crippen LogP contribution in [0.3, 0.4) is 0 Å². The summed E-state index contributed by atoms with van der Waals surface area (Å²) in [6.45, 7) is 13.7. The van der Waals surface area contributed by atoms with Gasteiger partial charge in [-0.15, -0.1) is 0 Å². The third-order valence-corrected chi connectivity index (χ3v) is 14.9. The molecule has 0 aliphatic rings. The number of aryl methyl sites for hydroxylation is 1. The highest BCUT2D eigenvalue weighted by Crippen LogP contribution is 2.34. The van der Waals surface area contributed by atoms with Gasteiger partial charge in [-0.2, -0.15) is 0 Å². The molecule has 66 heavy (non-hydrogen) atoms. The van der Waals surface area contributed by atoms with Crippen molar-refractivity contribution < 1.29 is 19.1 Å². The van der Waals surface area contributed by atoms with E-state index in [-0.39, 0.29) is 11.9 Å². The van der Waals surface area contributed by atoms with Crippen LogP contribution in [0.4, 0.5) is 0 Å². The zero-order chi connectivity index (χ0) is 47.8. The fourth-order valence-corrected chi connectivity index (χ4v) is 10.4. The Labute approximate surface area is 411 Å². The third kappa shape index (κ3) is 39.0. The minimum atomic E-state index is 0.0273. The van der Waals surface area contributed by atoms with Crippen LogP contribution in [0, 0.1) is 23.7 Å². The third-order valence-electron chi connectivity index (χ3n) is 14.9. The molecule has 3 atom stereocenters. The van der Waals surface area contributed by atoms with Gasteiger partial charge in [0.05, 0.1) is 19.5 Å². The molecule has 0 saturated heterocycles.